The summed E-state index contributed by atoms with van der Waals surface area (Å²) in [7, 11) is 9.44. The van der Waals surface area contributed by atoms with Gasteiger partial charge in [0.25, 0.3) is 27.8 Å². The minimum absolute atomic E-state index is 0. The Morgan fingerprint density at radius 1 is 0.534 bits per heavy atom. The van der Waals surface area contributed by atoms with Gasteiger partial charge in [-0.25, -0.2) is 45.5 Å². The molecule has 0 aromatic carbocycles. The van der Waals surface area contributed by atoms with E-state index in [1.165, 1.54) is 110 Å². The van der Waals surface area contributed by atoms with E-state index in [9.17, 15) is 69.9 Å². The summed E-state index contributed by atoms with van der Waals surface area (Å²) in [6, 6.07) is 6.26. The monoisotopic (exact) mass is 2200 g/mol. The maximum Gasteiger partial charge on any atom is 1.00 e. The molecule has 20 atom stereocenters. The number of aliphatic hydroxyl groups is 1. The van der Waals surface area contributed by atoms with Crippen LogP contribution < -0.4 is 96.3 Å². The minimum atomic E-state index is -3.45. The molecule has 10 rings (SSSR count). The van der Waals surface area contributed by atoms with E-state index < -0.39 is 137 Å². The van der Waals surface area contributed by atoms with E-state index in [1.807, 2.05) is 41.5 Å². The first kappa shape index (κ1) is 112. The predicted octanol–water partition coefficient (Wildman–Crippen LogP) is -1.09. The standard InChI is InChI=1S/C14H22ClN3O6S.C11H15IN2O4.C11H15N5O4.C11H17N3O4.C10H13IN2O5.C3H6Cl2O2S.C2H6.CH4.BH.N3.Na.U/c1-9-10(8-16-25(21,22)7-3-5-15)24-13(12(9)23-2)18-6-4-11(19)17-14(18)20;1-6-7(5-12)18-10(9(6)17-2)14-4-3-8(15)13-11(14)16;1-6-7(5-13-15-12)20-10(9(6)19-2)16-4-3-8(17)14-11(16)18;1-6-7(5-12)18-10(9(6)17-2)14-4-3-8(15)13-11(14)16;1-17-8-7(15)5(4-11)18-9(8)13-3-2-6(14)12-10(13)16;4-2-1-3-8(5,6)7;1-2;;;1-3-2;;/h4,6,9-10,12-13,16H,3,5,7-8H2,1-2H3,(H,17,19,20);3-4,6-7,9-10H,5H2,1-2H3,(H,13,15,16);3-4,6-7,9-10H,5H2,1-2H3,(H,14,17,18);3-4,6-7,9-10H,5,12H2,1-2H3,(H,13,15,16);2-3,5,7-9,15H,4H2,1H3,(H,12,14,16);1-3H2;1-2H3;1H4;1H;;;/q;;;;;;;;;-1;+1;/t9-,10-,12-,13-;3*6-,7-,9-,10-;5-,7-,8-,9-;;;;;;;/m11111......./s1/i;;;;;;;;1D;;;. The molecule has 5 saturated heterocycles. The molecule has 116 heavy (non-hydrogen) atoms. The van der Waals surface area contributed by atoms with E-state index in [0.717, 1.165) is 4.43 Å². The zero-order valence-electron chi connectivity index (χ0n) is 65.6. The normalized spacial score (nSPS) is 26.6. The van der Waals surface area contributed by atoms with Crippen molar-refractivity contribution in [3.8, 4) is 0 Å². The molecule has 646 valence electrons. The van der Waals surface area contributed by atoms with Crippen LogP contribution in [0.3, 0.4) is 0 Å². The van der Waals surface area contributed by atoms with E-state index in [4.69, 9.17) is 105 Å². The minimum Gasteiger partial charge on any atom is -0.387 e. The maximum atomic E-state index is 12.0. The number of rotatable bonds is 24. The molecule has 0 amide bonds. The fourth-order valence-corrected chi connectivity index (χ4v) is 16.1. The number of nitrogens with one attached hydrogen (secondary N) is 6. The quantitative estimate of drug-likeness (QED) is 0.00692. The second-order valence-corrected chi connectivity index (χ2v) is 31.7. The number of halogens is 5. The second kappa shape index (κ2) is 57.3. The molecule has 5 fully saturated rings. The summed E-state index contributed by atoms with van der Waals surface area (Å²) >= 11 is 15.0. The van der Waals surface area contributed by atoms with Crippen molar-refractivity contribution in [1.82, 2.24) is 52.5 Å². The van der Waals surface area contributed by atoms with E-state index in [-0.39, 0.29) is 159 Å². The van der Waals surface area contributed by atoms with Gasteiger partial charge in [0, 0.05) is 209 Å². The van der Waals surface area contributed by atoms with Gasteiger partial charge in [0.15, 0.2) is 31.1 Å². The number of hydrogen-bond acceptors (Lipinski definition) is 27. The van der Waals surface area contributed by atoms with Gasteiger partial charge in [-0.1, -0.05) is 99.3 Å². The molecule has 53 heteroatoms. The first-order valence-electron chi connectivity index (χ1n) is 34.7. The smallest absolute Gasteiger partial charge is 0.387 e. The summed E-state index contributed by atoms with van der Waals surface area (Å²) in [4.78, 5) is 129. The maximum absolute atomic E-state index is 12.0. The fraction of sp³-hybridized carbons (Fsp3) is 0.683. The van der Waals surface area contributed by atoms with Crippen LogP contribution >= 0.6 is 79.1 Å². The molecule has 2 radical (unpaired) electrons. The zero-order valence-corrected chi connectivity index (χ0v) is 79.0. The van der Waals surface area contributed by atoms with Gasteiger partial charge >= 0.3 is 58.0 Å². The third kappa shape index (κ3) is 33.6. The summed E-state index contributed by atoms with van der Waals surface area (Å²) in [5.41, 5.74) is 22.4. The Hall–Kier alpha value is -4.15. The van der Waals surface area contributed by atoms with E-state index in [2.05, 4.69) is 93.2 Å². The van der Waals surface area contributed by atoms with Gasteiger partial charge in [-0.05, 0) is 19.7 Å². The number of aromatic amines is 5. The number of H-pyrrole nitrogens is 5. The van der Waals surface area contributed by atoms with Crippen molar-refractivity contribution in [2.75, 3.05) is 87.3 Å². The van der Waals surface area contributed by atoms with Gasteiger partial charge in [0.2, 0.25) is 19.1 Å². The first-order chi connectivity index (χ1) is 54.1. The summed E-state index contributed by atoms with van der Waals surface area (Å²) in [5, 5.41) is 13.5. The molecule has 5 aromatic rings. The number of nitrogens with two attached hydrogens (primary N) is 1. The number of ether oxygens (including phenoxy) is 10. The topological polar surface area (TPSA) is 601 Å². The van der Waals surface area contributed by atoms with Gasteiger partial charge in [-0.15, -0.1) is 23.2 Å². The van der Waals surface area contributed by atoms with E-state index in [0.29, 0.717) is 29.7 Å². The third-order valence-electron chi connectivity index (χ3n) is 17.5. The van der Waals surface area contributed by atoms with Crippen LogP contribution in [0.1, 0.15) is 93.0 Å². The molecule has 5 aromatic heterocycles. The number of hydrogen-bond donors (Lipinski definition) is 8. The number of azide groups is 1. The summed E-state index contributed by atoms with van der Waals surface area (Å²) in [6.45, 7) is 12.3. The molecular weight excluding hydrogens is 2100 g/mol. The van der Waals surface area contributed by atoms with Crippen LogP contribution in [0.4, 0.5) is 0 Å². The molecule has 5 aliphatic heterocycles. The van der Waals surface area contributed by atoms with Crippen molar-refractivity contribution in [3.05, 3.63) is 192 Å². The predicted molar refractivity (Wildman–Crippen MR) is 441 cm³/mol. The average molecular weight is 2210 g/mol. The molecule has 5 aliphatic rings. The third-order valence-corrected chi connectivity index (χ3v) is 22.5. The second-order valence-electron chi connectivity index (χ2n) is 24.4. The van der Waals surface area contributed by atoms with Crippen LogP contribution in [0.15, 0.2) is 114 Å². The molecule has 9 N–H and O–H groups in total. The van der Waals surface area contributed by atoms with Crippen molar-refractivity contribution in [3.63, 3.8) is 0 Å². The first-order valence-corrected chi connectivity index (χ1v) is 42.3. The Bertz CT molecular complexity index is 4500. The van der Waals surface area contributed by atoms with Crippen LogP contribution in [0, 0.1) is 54.8 Å². The molecule has 0 saturated carbocycles. The van der Waals surface area contributed by atoms with Crippen LogP contribution in [-0.2, 0) is 66.4 Å². The Morgan fingerprint density at radius 3 is 1.08 bits per heavy atom. The SMILES string of the molecule is C.CC.CO[C@@H]1[C@H](C)[C@@H](CI)O[C@H]1n1ccc(=O)[nH]c1=O.CO[C@@H]1[C@H](C)[C@@H](CN)O[C@H]1n1ccc(=O)[nH]c1=O.CO[C@@H]1[C@H](C)[C@@H](CN=[N+]=[N-])O[C@H]1n1ccc(=O)[nH]c1=O.CO[C@@H]1[C@H](C)[C@@H](CNS(=O)(=O)CCCCl)O[C@H]1n1ccc(=O)[nH]c1=O.CO[C@@H]1[C@H](O)[C@@H](CI)O[C@H]1n1ccc(=O)[nH]c1=O.O=S(=O)(Cl)CCCCl.[2H][B].[N-]=[N+]=[N-].[Na+].[U]. The van der Waals surface area contributed by atoms with Crippen molar-refractivity contribution >= 4 is 107 Å². The fourth-order valence-electron chi connectivity index (χ4n) is 11.8. The average Bonchev–Trinajstić information content (AvgIpc) is 2.09. The molecule has 10 heterocycles. The van der Waals surface area contributed by atoms with E-state index >= 15 is 0 Å². The molecule has 0 bridgehead atoms. The van der Waals surface area contributed by atoms with Gasteiger partial charge in [-0.3, -0.25) is 76.6 Å². The van der Waals surface area contributed by atoms with Gasteiger partial charge in [0.05, 0.1) is 48.6 Å². The van der Waals surface area contributed by atoms with E-state index in [1.54, 1.807) is 14.2 Å². The summed E-state index contributed by atoms with van der Waals surface area (Å²) in [6.07, 6.45) is 0.282. The van der Waals surface area contributed by atoms with Crippen LogP contribution in [0.5, 0.6) is 0 Å². The summed E-state index contributed by atoms with van der Waals surface area (Å²) < 4.78 is 115. The van der Waals surface area contributed by atoms with Crippen LogP contribution in [0.25, 0.3) is 26.4 Å². The number of aromatic nitrogens is 10. The van der Waals surface area contributed by atoms with Gasteiger partial charge < -0.3 is 69.3 Å². The Morgan fingerprint density at radius 2 is 0.802 bits per heavy atom. The zero-order chi connectivity index (χ0) is 86.5. The number of methoxy groups -OCH3 is 5. The van der Waals surface area contributed by atoms with Gasteiger partial charge in [0.1, 0.15) is 36.6 Å². The Kier molecular flexibility index (Phi) is 55.2. The number of sulfonamides is 1. The van der Waals surface area contributed by atoms with Crippen molar-refractivity contribution in [1.29, 1.82) is 1.34 Å². The molecule has 0 spiro atoms. The largest absolute Gasteiger partial charge is 1.00 e. The number of aliphatic hydroxyl groups excluding tert-OH is 1. The van der Waals surface area contributed by atoms with Crippen molar-refractivity contribution in [2.24, 2.45) is 34.5 Å². The molecule has 43 nitrogen and oxygen atoms in total. The van der Waals surface area contributed by atoms with Crippen LogP contribution in [-0.4, -0.2) is 234 Å². The van der Waals surface area contributed by atoms with Crippen molar-refractivity contribution in [2.45, 2.75) is 160 Å². The van der Waals surface area contributed by atoms with Crippen LogP contribution in [0.2, 0.25) is 0 Å². The number of nitrogens with zero attached hydrogens (tertiary/aromatic N) is 11. The molecular formula is C63H99BCl3I2N18NaO25S2U. The molecule has 0 aliphatic carbocycles. The number of alkyl halides is 4. The van der Waals surface area contributed by atoms with Gasteiger partial charge in [-0.2, -0.15) is 0 Å². The summed E-state index contributed by atoms with van der Waals surface area (Å²) in [5.74, 6) is 0.539. The molecule has 0 unspecified atom stereocenters. The Balaban J connectivity index is 0. The Labute approximate surface area is 756 Å². The van der Waals surface area contributed by atoms with Crippen molar-refractivity contribution < 1.29 is 130 Å².